The maximum Gasteiger partial charge on any atom is 0.250 e. The quantitative estimate of drug-likeness (QED) is 0.102. The molecular formula is C51H78O36S. The average molecular weight is 1300 g/mol. The van der Waals surface area contributed by atoms with Crippen molar-refractivity contribution in [2.75, 3.05) is 46.2 Å². The molecule has 0 aromatic heterocycles. The normalized spacial score (nSPS) is 51.3. The molecule has 88 heavy (non-hydrogen) atoms. The molecule has 1 aromatic carbocycles. The Morgan fingerprint density at radius 3 is 0.932 bits per heavy atom. The number of rotatable bonds is 9. The van der Waals surface area contributed by atoms with Crippen molar-refractivity contribution in [3.63, 3.8) is 0 Å². The van der Waals surface area contributed by atoms with Crippen LogP contribution in [0.1, 0.15) is 16.7 Å². The third-order valence-corrected chi connectivity index (χ3v) is 19.8. The second-order valence-electron chi connectivity index (χ2n) is 23.1. The predicted octanol–water partition coefficient (Wildman–Crippen LogP) is -12.5. The number of aliphatic hydroxyl groups excluding tert-OH is 18. The van der Waals surface area contributed by atoms with Gasteiger partial charge < -0.3 is 168 Å². The molecule has 21 heterocycles. The average Bonchev–Trinajstić information content (AvgIpc) is 0.791. The Morgan fingerprint density at radius 2 is 0.602 bits per heavy atom. The number of aliphatic hydroxyl groups is 19. The van der Waals surface area contributed by atoms with E-state index in [4.69, 9.17) is 71.1 Å². The van der Waals surface area contributed by atoms with Crippen molar-refractivity contribution in [2.45, 2.75) is 239 Å². The lowest BCUT2D eigenvalue weighted by molar-refractivity contribution is -0.397. The highest BCUT2D eigenvalue weighted by atomic mass is 32.2. The van der Waals surface area contributed by atoms with E-state index in [0.717, 1.165) is 0 Å². The van der Waals surface area contributed by atoms with Gasteiger partial charge in [0.05, 0.1) is 51.1 Å². The van der Waals surface area contributed by atoms with Crippen LogP contribution in [0.3, 0.4) is 0 Å². The molecule has 21 fully saturated rings. The van der Waals surface area contributed by atoms with Crippen molar-refractivity contribution in [1.82, 2.24) is 0 Å². The summed E-state index contributed by atoms with van der Waals surface area (Å²) < 4.78 is 118. The molecule has 0 amide bonds. The number of aryl methyl sites for hydroxylation is 3. The summed E-state index contributed by atoms with van der Waals surface area (Å²) in [6, 6.07) is 2.87. The Balaban J connectivity index is 0.990. The first-order valence-electron chi connectivity index (χ1n) is 28.3. The molecule has 21 aliphatic heterocycles. The lowest BCUT2D eigenvalue weighted by Crippen LogP contribution is -2.73. The SMILES string of the molecule is Cc1cc(C)c(S(=O)(=O)[C@]2(O)[C@H]3O[C@H]4[C@H](O)[C@@H](O)[C@@H](O[C@H]5[C@H](O)[C@@H](O)[C@@H](O[C@H]6[C@H](O)[C@@H](O)[C@@H](O[C@H]7[C@H](O)[C@@H](O)[C@@H](O[C@H]8[C@H](O)[C@@H](O)[C@@H](O[C@H]9[C@@H]%10O[C@@H]%10[C@@H](O[C@H]([C@@H](CO)O3)[C@@H]2O)O[C@@H]9CO)O[C@@H]8CO)O[C@@H]7CO)O[C@@H]6CO)O[C@@H]5CO)O[C@@H]4CO)c(C)c1. The molecule has 21 saturated heterocycles. The van der Waals surface area contributed by atoms with Crippen LogP contribution in [-0.4, -0.2) is 365 Å². The van der Waals surface area contributed by atoms with E-state index < -0.39 is 275 Å². The van der Waals surface area contributed by atoms with Gasteiger partial charge in [-0.05, 0) is 31.9 Å². The Morgan fingerprint density at radius 1 is 0.330 bits per heavy atom. The van der Waals surface area contributed by atoms with Crippen LogP contribution in [0.15, 0.2) is 17.0 Å². The molecule has 22 rings (SSSR count). The number of hydrogen-bond acceptors (Lipinski definition) is 36. The lowest BCUT2D eigenvalue weighted by Gasteiger charge is -2.51. The third-order valence-electron chi connectivity index (χ3n) is 17.4. The molecule has 1 aromatic rings. The van der Waals surface area contributed by atoms with E-state index in [-0.39, 0.29) is 11.1 Å². The molecule has 35 atom stereocenters. The molecule has 0 spiro atoms. The highest BCUT2D eigenvalue weighted by molar-refractivity contribution is 7.92. The lowest BCUT2D eigenvalue weighted by atomic mass is 9.95. The fourth-order valence-corrected chi connectivity index (χ4v) is 14.8. The summed E-state index contributed by atoms with van der Waals surface area (Å²) in [6.45, 7) is -3.13. The van der Waals surface area contributed by atoms with Crippen LogP contribution in [-0.2, 0) is 80.9 Å². The zero-order chi connectivity index (χ0) is 63.9. The fraction of sp³-hybridized carbons (Fsp3) is 0.882. The number of ether oxygens (including phenoxy) is 15. The first-order chi connectivity index (χ1) is 41.7. The smallest absolute Gasteiger partial charge is 0.250 e. The molecular weight excluding hydrogens is 1220 g/mol. The van der Waals surface area contributed by atoms with Crippen molar-refractivity contribution >= 4 is 9.84 Å². The van der Waals surface area contributed by atoms with Gasteiger partial charge in [-0.2, -0.15) is 0 Å². The van der Waals surface area contributed by atoms with E-state index in [2.05, 4.69) is 0 Å². The number of fused-ring (bicyclic) bond motifs is 1. The number of epoxide rings is 1. The van der Waals surface area contributed by atoms with E-state index in [9.17, 15) is 97.0 Å². The van der Waals surface area contributed by atoms with Crippen molar-refractivity contribution in [1.29, 1.82) is 0 Å². The van der Waals surface area contributed by atoms with Crippen molar-refractivity contribution < 1.29 is 176 Å². The maximum atomic E-state index is 15.3. The van der Waals surface area contributed by atoms with E-state index >= 15 is 8.42 Å². The van der Waals surface area contributed by atoms with Crippen molar-refractivity contribution in [2.24, 2.45) is 0 Å². The third kappa shape index (κ3) is 12.2. The summed E-state index contributed by atoms with van der Waals surface area (Å²) in [7, 11) is -5.49. The van der Waals surface area contributed by atoms with Gasteiger partial charge in [-0.3, -0.25) is 0 Å². The van der Waals surface area contributed by atoms with Gasteiger partial charge in [-0.1, -0.05) is 17.7 Å². The highest BCUT2D eigenvalue weighted by Gasteiger charge is 2.69. The Hall–Kier alpha value is -2.19. The molecule has 0 aliphatic carbocycles. The van der Waals surface area contributed by atoms with Crippen LogP contribution in [0, 0.1) is 20.8 Å². The van der Waals surface area contributed by atoms with E-state index in [0.29, 0.717) is 5.56 Å². The van der Waals surface area contributed by atoms with Crippen LogP contribution < -0.4 is 0 Å². The zero-order valence-corrected chi connectivity index (χ0v) is 47.9. The number of sulfone groups is 1. The van der Waals surface area contributed by atoms with Gasteiger partial charge in [0, 0.05) is 0 Å². The standard InChI is InChI=1S/C51H78O36S/c1-13-4-14(2)42(15(3)5-13)88(71,72)51(70)43(69)39-22(12-58)79-50(51)87-37-20(10-56)77-47(32(68)27(37)63)84-35-18(8-54)75-45(30(66)25(35)61)82-33-16(6-52)73-44(28(64)23(33)59)81-34-17(7-53)74-46(29(65)24(34)60)83-36-19(9-55)76-48(31(67)26(36)62)85-38-21(11-57)78-49(86-39)41-40(38)80-41/h4-5,16-41,43-50,52-70H,6-12H2,1-3H3/t16-,17-,18-,19-,20-,21-,22-,23-,24-,25-,26-,27-,28-,29-,30-,31-,32-,33-,34-,35-,36-,37-,38-,39-,40+,41+,43+,44-,45-,46-,47-,48-,49-,50-,51+/m1/s1. The zero-order valence-electron chi connectivity index (χ0n) is 47.1. The molecule has 21 aliphatic rings. The van der Waals surface area contributed by atoms with Crippen LogP contribution in [0.2, 0.25) is 0 Å². The van der Waals surface area contributed by atoms with Crippen LogP contribution >= 0.6 is 0 Å². The van der Waals surface area contributed by atoms with E-state index in [1.54, 1.807) is 6.92 Å². The summed E-state index contributed by atoms with van der Waals surface area (Å²) in [5, 5.41) is 215. The van der Waals surface area contributed by atoms with Crippen LogP contribution in [0.5, 0.6) is 0 Å². The van der Waals surface area contributed by atoms with Crippen molar-refractivity contribution in [3.8, 4) is 0 Å². The minimum Gasteiger partial charge on any atom is -0.394 e. The van der Waals surface area contributed by atoms with Gasteiger partial charge >= 0.3 is 0 Å². The molecule has 0 unspecified atom stereocenters. The van der Waals surface area contributed by atoms with Gasteiger partial charge in [0.25, 0.3) is 4.93 Å². The van der Waals surface area contributed by atoms with E-state index in [1.165, 1.54) is 26.0 Å². The summed E-state index contributed by atoms with van der Waals surface area (Å²) in [6.07, 6.45) is -68.2. The summed E-state index contributed by atoms with van der Waals surface area (Å²) in [5.74, 6) is 0. The number of hydrogen-bond donors (Lipinski definition) is 19. The van der Waals surface area contributed by atoms with Crippen molar-refractivity contribution in [3.05, 3.63) is 28.8 Å². The fourth-order valence-electron chi connectivity index (χ4n) is 12.7. The van der Waals surface area contributed by atoms with Gasteiger partial charge in [-0.25, -0.2) is 8.42 Å². The Labute approximate surface area is 499 Å². The van der Waals surface area contributed by atoms with E-state index in [1.807, 2.05) is 0 Å². The van der Waals surface area contributed by atoms with Crippen LogP contribution in [0.25, 0.3) is 0 Å². The summed E-state index contributed by atoms with van der Waals surface area (Å²) >= 11 is 0. The molecule has 36 nitrogen and oxygen atoms in total. The maximum absolute atomic E-state index is 15.3. The Kier molecular flexibility index (Phi) is 21.3. The van der Waals surface area contributed by atoms with Gasteiger partial charge in [0.1, 0.15) is 165 Å². The monoisotopic (exact) mass is 1300 g/mol. The first-order valence-corrected chi connectivity index (χ1v) is 29.8. The number of benzene rings is 1. The second-order valence-corrected chi connectivity index (χ2v) is 25.2. The largest absolute Gasteiger partial charge is 0.394 e. The minimum absolute atomic E-state index is 0.0316. The first kappa shape index (κ1) is 68.7. The van der Waals surface area contributed by atoms with Gasteiger partial charge in [0.2, 0.25) is 16.1 Å². The highest BCUT2D eigenvalue weighted by Crippen LogP contribution is 2.47. The molecule has 37 heteroatoms. The Bertz CT molecular complexity index is 2580. The van der Waals surface area contributed by atoms with Gasteiger partial charge in [-0.15, -0.1) is 0 Å². The molecule has 0 saturated carbocycles. The molecule has 14 bridgehead atoms. The summed E-state index contributed by atoms with van der Waals surface area (Å²) in [5.41, 5.74) is 0.632. The second kappa shape index (κ2) is 27.3. The predicted molar refractivity (Wildman–Crippen MR) is 272 cm³/mol. The minimum atomic E-state index is -5.49. The van der Waals surface area contributed by atoms with Crippen LogP contribution in [0.4, 0.5) is 0 Å². The van der Waals surface area contributed by atoms with Gasteiger partial charge in [0.15, 0.2) is 37.7 Å². The molecule has 504 valence electrons. The topological polar surface area (TPSA) is 560 Å². The molecule has 19 N–H and O–H groups in total. The molecule has 0 radical (unpaired) electrons. The summed E-state index contributed by atoms with van der Waals surface area (Å²) in [4.78, 5) is -4.36.